The number of rotatable bonds is 5. The van der Waals surface area contributed by atoms with Gasteiger partial charge in [0.2, 0.25) is 0 Å². The molecule has 0 fully saturated rings. The fraction of sp³-hybridized carbons (Fsp3) is 0.571. The van der Waals surface area contributed by atoms with Gasteiger partial charge in [-0.25, -0.2) is 0 Å². The van der Waals surface area contributed by atoms with Gasteiger partial charge < -0.3 is 14.8 Å². The molecule has 0 amide bonds. The number of para-hydroxylation sites is 1. The summed E-state index contributed by atoms with van der Waals surface area (Å²) in [5.74, 6) is 1.95. The minimum Gasteiger partial charge on any atom is -0.487 e. The van der Waals surface area contributed by atoms with Crippen molar-refractivity contribution in [3.63, 3.8) is 0 Å². The highest BCUT2D eigenvalue weighted by molar-refractivity contribution is 7.99. The van der Waals surface area contributed by atoms with Gasteiger partial charge in [-0.2, -0.15) is 0 Å². The molecular weight excluding hydrogens is 246 g/mol. The van der Waals surface area contributed by atoms with Crippen molar-refractivity contribution >= 4 is 11.8 Å². The molecule has 1 aliphatic heterocycles. The molecule has 3 nitrogen and oxygen atoms in total. The second kappa shape index (κ2) is 6.45. The van der Waals surface area contributed by atoms with E-state index >= 15 is 0 Å². The molecule has 0 spiro atoms. The molecule has 0 aliphatic carbocycles. The van der Waals surface area contributed by atoms with E-state index in [1.165, 1.54) is 4.90 Å². The Morgan fingerprint density at radius 2 is 2.22 bits per heavy atom. The zero-order valence-electron chi connectivity index (χ0n) is 11.2. The van der Waals surface area contributed by atoms with Gasteiger partial charge in [0.25, 0.3) is 0 Å². The van der Waals surface area contributed by atoms with Crippen molar-refractivity contribution in [1.29, 1.82) is 0 Å². The summed E-state index contributed by atoms with van der Waals surface area (Å²) in [7, 11) is 1.96. The Morgan fingerprint density at radius 1 is 1.44 bits per heavy atom. The molecule has 0 aromatic heterocycles. The topological polar surface area (TPSA) is 30.5 Å². The number of benzene rings is 1. The quantitative estimate of drug-likeness (QED) is 0.888. The van der Waals surface area contributed by atoms with Crippen LogP contribution in [0.4, 0.5) is 0 Å². The van der Waals surface area contributed by atoms with E-state index in [0.29, 0.717) is 6.61 Å². The van der Waals surface area contributed by atoms with Crippen LogP contribution in [0.5, 0.6) is 5.75 Å². The first-order valence-electron chi connectivity index (χ1n) is 6.38. The fourth-order valence-corrected chi connectivity index (χ4v) is 2.98. The minimum absolute atomic E-state index is 0.161. The van der Waals surface area contributed by atoms with Crippen molar-refractivity contribution in [2.75, 3.05) is 19.4 Å². The molecule has 2 unspecified atom stereocenters. The summed E-state index contributed by atoms with van der Waals surface area (Å²) in [6, 6.07) is 8.43. The highest BCUT2D eigenvalue weighted by Gasteiger charge is 2.27. The molecule has 0 saturated heterocycles. The molecule has 1 N–H and O–H groups in total. The molecule has 2 atom stereocenters. The average Bonchev–Trinajstić information content (AvgIpc) is 2.39. The van der Waals surface area contributed by atoms with Crippen LogP contribution < -0.4 is 10.1 Å². The van der Waals surface area contributed by atoms with Gasteiger partial charge >= 0.3 is 0 Å². The number of nitrogens with one attached hydrogen (secondary N) is 1. The Bertz CT molecular complexity index is 384. The number of fused-ring (bicyclic) bond motifs is 1. The molecule has 1 aromatic rings. The summed E-state index contributed by atoms with van der Waals surface area (Å²) < 4.78 is 11.7. The lowest BCUT2D eigenvalue weighted by Gasteiger charge is -2.31. The lowest BCUT2D eigenvalue weighted by atomic mass is 10.2. The van der Waals surface area contributed by atoms with Crippen LogP contribution in [0.15, 0.2) is 29.2 Å². The monoisotopic (exact) mass is 267 g/mol. The van der Waals surface area contributed by atoms with Gasteiger partial charge in [-0.1, -0.05) is 12.1 Å². The Kier molecular flexibility index (Phi) is 4.92. The molecule has 100 valence electrons. The molecule has 1 aliphatic rings. The van der Waals surface area contributed by atoms with E-state index in [1.807, 2.05) is 37.0 Å². The third-order valence-corrected chi connectivity index (χ3v) is 4.10. The predicted molar refractivity (Wildman–Crippen MR) is 75.5 cm³/mol. The van der Waals surface area contributed by atoms with E-state index in [2.05, 4.69) is 25.2 Å². The van der Waals surface area contributed by atoms with E-state index in [4.69, 9.17) is 9.47 Å². The lowest BCUT2D eigenvalue weighted by molar-refractivity contribution is 0.0339. The summed E-state index contributed by atoms with van der Waals surface area (Å²) >= 11 is 1.85. The van der Waals surface area contributed by atoms with Crippen molar-refractivity contribution in [2.45, 2.75) is 37.0 Å². The molecule has 0 radical (unpaired) electrons. The Morgan fingerprint density at radius 3 is 2.94 bits per heavy atom. The smallest absolute Gasteiger partial charge is 0.133 e. The Balaban J connectivity index is 1.98. The first-order chi connectivity index (χ1) is 8.70. The Labute approximate surface area is 113 Å². The normalized spacial score (nSPS) is 20.3. The first kappa shape index (κ1) is 13.7. The molecule has 1 heterocycles. The maximum atomic E-state index is 6.05. The summed E-state index contributed by atoms with van der Waals surface area (Å²) in [6.07, 6.45) is 0.415. The zero-order chi connectivity index (χ0) is 13.0. The molecule has 0 saturated carbocycles. The summed E-state index contributed by atoms with van der Waals surface area (Å²) in [5.41, 5.74) is 0. The van der Waals surface area contributed by atoms with Crippen molar-refractivity contribution < 1.29 is 9.47 Å². The van der Waals surface area contributed by atoms with Gasteiger partial charge in [0, 0.05) is 10.6 Å². The van der Waals surface area contributed by atoms with Crippen molar-refractivity contribution in [3.8, 4) is 5.75 Å². The summed E-state index contributed by atoms with van der Waals surface area (Å²) in [4.78, 5) is 1.23. The molecule has 4 heteroatoms. The van der Waals surface area contributed by atoms with E-state index in [1.54, 1.807) is 0 Å². The predicted octanol–water partition coefficient (Wildman–Crippen LogP) is 2.55. The van der Waals surface area contributed by atoms with Crippen LogP contribution in [0.25, 0.3) is 0 Å². The largest absolute Gasteiger partial charge is 0.487 e. The van der Waals surface area contributed by atoms with Crippen LogP contribution in [-0.4, -0.2) is 37.7 Å². The minimum atomic E-state index is 0.161. The standard InChI is InChI=1S/C14H21NO2S/c1-10(2)16-8-11(15-3)13-9-18-14-7-5-4-6-12(14)17-13/h4-7,10-11,13,15H,8-9H2,1-3H3. The first-order valence-corrected chi connectivity index (χ1v) is 7.36. The van der Waals surface area contributed by atoms with Gasteiger partial charge in [-0.3, -0.25) is 0 Å². The summed E-state index contributed by atoms with van der Waals surface area (Å²) in [6.45, 7) is 4.79. The van der Waals surface area contributed by atoms with Gasteiger partial charge in [0.15, 0.2) is 0 Å². The van der Waals surface area contributed by atoms with Gasteiger partial charge in [-0.15, -0.1) is 11.8 Å². The van der Waals surface area contributed by atoms with Crippen LogP contribution in [0.1, 0.15) is 13.8 Å². The fourth-order valence-electron chi connectivity index (χ4n) is 1.91. The number of thioether (sulfide) groups is 1. The van der Waals surface area contributed by atoms with Crippen molar-refractivity contribution in [1.82, 2.24) is 5.32 Å². The number of ether oxygens (including phenoxy) is 2. The molecule has 18 heavy (non-hydrogen) atoms. The second-order valence-electron chi connectivity index (χ2n) is 4.69. The highest BCUT2D eigenvalue weighted by atomic mass is 32.2. The van der Waals surface area contributed by atoms with Gasteiger partial charge in [0.05, 0.1) is 18.8 Å². The number of hydrogen-bond donors (Lipinski definition) is 1. The molecule has 1 aromatic carbocycles. The van der Waals surface area contributed by atoms with E-state index < -0.39 is 0 Å². The number of hydrogen-bond acceptors (Lipinski definition) is 4. The highest BCUT2D eigenvalue weighted by Crippen LogP contribution is 2.35. The third kappa shape index (κ3) is 3.40. The zero-order valence-corrected chi connectivity index (χ0v) is 12.0. The average molecular weight is 267 g/mol. The van der Waals surface area contributed by atoms with Crippen LogP contribution in [0, 0.1) is 0 Å². The maximum Gasteiger partial charge on any atom is 0.133 e. The lowest BCUT2D eigenvalue weighted by Crippen LogP contribution is -2.47. The van der Waals surface area contributed by atoms with Crippen LogP contribution in [-0.2, 0) is 4.74 Å². The summed E-state index contributed by atoms with van der Waals surface area (Å²) in [5, 5.41) is 3.29. The van der Waals surface area contributed by atoms with E-state index in [9.17, 15) is 0 Å². The van der Waals surface area contributed by atoms with Gasteiger partial charge in [0.1, 0.15) is 11.9 Å². The van der Waals surface area contributed by atoms with Crippen molar-refractivity contribution in [3.05, 3.63) is 24.3 Å². The van der Waals surface area contributed by atoms with Gasteiger partial charge in [-0.05, 0) is 33.0 Å². The SMILES string of the molecule is CNC(COC(C)C)C1CSc2ccccc2O1. The van der Waals surface area contributed by atoms with Crippen molar-refractivity contribution in [2.24, 2.45) is 0 Å². The van der Waals surface area contributed by atoms with E-state index in [-0.39, 0.29) is 18.2 Å². The maximum absolute atomic E-state index is 6.05. The third-order valence-electron chi connectivity index (χ3n) is 2.96. The number of likely N-dealkylation sites (N-methyl/N-ethyl adjacent to an activating group) is 1. The molecule has 2 rings (SSSR count). The van der Waals surface area contributed by atoms with E-state index in [0.717, 1.165) is 11.5 Å². The second-order valence-corrected chi connectivity index (χ2v) is 5.75. The Hall–Kier alpha value is -0.710. The molecule has 0 bridgehead atoms. The van der Waals surface area contributed by atoms with Crippen LogP contribution in [0.2, 0.25) is 0 Å². The van der Waals surface area contributed by atoms with Crippen LogP contribution >= 0.6 is 11.8 Å². The van der Waals surface area contributed by atoms with Crippen LogP contribution in [0.3, 0.4) is 0 Å². The molecular formula is C14H21NO2S.